The normalized spacial score (nSPS) is 13.5. The SMILES string of the molecule is NC(=O)CC(N)C(=O)NC(Cc1c[nH]c2ccccc12)C(=O)NC(CCCN=C(N)N)C(=O)NC(Cc1ccccc1)C(=O)O. The second-order valence-electron chi connectivity index (χ2n) is 10.5. The number of amides is 4. The van der Waals surface area contributed by atoms with Gasteiger partial charge in [-0.1, -0.05) is 48.5 Å². The number of aromatic nitrogens is 1. The third-order valence-corrected chi connectivity index (χ3v) is 6.97. The summed E-state index contributed by atoms with van der Waals surface area (Å²) in [6, 6.07) is 11.1. The van der Waals surface area contributed by atoms with Crippen LogP contribution >= 0.6 is 0 Å². The molecule has 2 aromatic carbocycles. The summed E-state index contributed by atoms with van der Waals surface area (Å²) >= 11 is 0. The number of carbonyl (C=O) groups excluding carboxylic acids is 4. The second kappa shape index (κ2) is 16.4. The zero-order chi connectivity index (χ0) is 32.9. The van der Waals surface area contributed by atoms with Crippen molar-refractivity contribution in [2.75, 3.05) is 6.54 Å². The van der Waals surface area contributed by atoms with Crippen LogP contribution in [0.5, 0.6) is 0 Å². The van der Waals surface area contributed by atoms with Gasteiger partial charge in [0.1, 0.15) is 18.1 Å². The summed E-state index contributed by atoms with van der Waals surface area (Å²) in [5, 5.41) is 18.3. The molecule has 4 amide bonds. The molecule has 0 bridgehead atoms. The number of guanidine groups is 1. The van der Waals surface area contributed by atoms with Crippen molar-refractivity contribution in [3.05, 3.63) is 71.9 Å². The van der Waals surface area contributed by atoms with Crippen molar-refractivity contribution < 1.29 is 29.1 Å². The van der Waals surface area contributed by atoms with Crippen LogP contribution in [-0.4, -0.2) is 76.4 Å². The van der Waals surface area contributed by atoms with Gasteiger partial charge in [0.2, 0.25) is 23.6 Å². The highest BCUT2D eigenvalue weighted by molar-refractivity contribution is 5.95. The van der Waals surface area contributed by atoms with Crippen molar-refractivity contribution in [3.63, 3.8) is 0 Å². The highest BCUT2D eigenvalue weighted by Gasteiger charge is 2.31. The lowest BCUT2D eigenvalue weighted by atomic mass is 10.0. The lowest BCUT2D eigenvalue weighted by molar-refractivity contribution is -0.142. The highest BCUT2D eigenvalue weighted by atomic mass is 16.4. The Morgan fingerprint density at radius 1 is 0.800 bits per heavy atom. The van der Waals surface area contributed by atoms with Gasteiger partial charge in [-0.05, 0) is 30.0 Å². The number of para-hydroxylation sites is 1. The number of primary amides is 1. The number of aliphatic carboxylic acids is 1. The first-order valence-corrected chi connectivity index (χ1v) is 14.3. The average Bonchev–Trinajstić information content (AvgIpc) is 3.40. The molecule has 13 N–H and O–H groups in total. The molecule has 0 radical (unpaired) electrons. The number of carboxylic acid groups (broad SMARTS) is 1. The zero-order valence-electron chi connectivity index (χ0n) is 24.6. The Morgan fingerprint density at radius 3 is 2.09 bits per heavy atom. The van der Waals surface area contributed by atoms with E-state index < -0.39 is 60.2 Å². The molecule has 1 heterocycles. The van der Waals surface area contributed by atoms with Gasteiger partial charge in [-0.25, -0.2) is 4.79 Å². The Balaban J connectivity index is 1.85. The van der Waals surface area contributed by atoms with Gasteiger partial charge >= 0.3 is 5.97 Å². The number of nitrogens with two attached hydrogens (primary N) is 4. The quantitative estimate of drug-likeness (QED) is 0.0494. The molecule has 0 aliphatic rings. The predicted molar refractivity (Wildman–Crippen MR) is 167 cm³/mol. The van der Waals surface area contributed by atoms with Crippen molar-refractivity contribution in [2.45, 2.75) is 56.3 Å². The Bertz CT molecular complexity index is 1520. The summed E-state index contributed by atoms with van der Waals surface area (Å²) in [4.78, 5) is 70.4. The number of nitrogens with one attached hydrogen (secondary N) is 4. The number of nitrogens with zero attached hydrogens (tertiary/aromatic N) is 1. The van der Waals surface area contributed by atoms with Crippen LogP contribution in [0.15, 0.2) is 65.8 Å². The molecule has 15 nitrogen and oxygen atoms in total. The summed E-state index contributed by atoms with van der Waals surface area (Å²) in [5.41, 5.74) is 24.0. The van der Waals surface area contributed by atoms with E-state index in [-0.39, 0.29) is 38.2 Å². The van der Waals surface area contributed by atoms with E-state index in [1.165, 1.54) is 0 Å². The lowest BCUT2D eigenvalue weighted by Gasteiger charge is -2.25. The minimum Gasteiger partial charge on any atom is -0.480 e. The largest absolute Gasteiger partial charge is 0.480 e. The van der Waals surface area contributed by atoms with E-state index in [0.717, 1.165) is 10.9 Å². The number of rotatable bonds is 17. The van der Waals surface area contributed by atoms with Crippen LogP contribution in [-0.2, 0) is 36.8 Å². The van der Waals surface area contributed by atoms with Crippen LogP contribution in [0, 0.1) is 0 Å². The van der Waals surface area contributed by atoms with Crippen molar-refractivity contribution in [2.24, 2.45) is 27.9 Å². The molecule has 45 heavy (non-hydrogen) atoms. The van der Waals surface area contributed by atoms with E-state index in [1.54, 1.807) is 36.5 Å². The summed E-state index contributed by atoms with van der Waals surface area (Å²) in [5.74, 6) is -4.49. The molecule has 0 aliphatic heterocycles. The smallest absolute Gasteiger partial charge is 0.326 e. The topological polar surface area (TPSA) is 274 Å². The predicted octanol–water partition coefficient (Wildman–Crippen LogP) is -1.25. The van der Waals surface area contributed by atoms with E-state index in [0.29, 0.717) is 11.1 Å². The highest BCUT2D eigenvalue weighted by Crippen LogP contribution is 2.19. The number of fused-ring (bicyclic) bond motifs is 1. The van der Waals surface area contributed by atoms with Gasteiger partial charge in [0.15, 0.2) is 5.96 Å². The third kappa shape index (κ3) is 10.7. The molecule has 0 saturated carbocycles. The molecule has 0 spiro atoms. The van der Waals surface area contributed by atoms with E-state index in [9.17, 15) is 29.1 Å². The van der Waals surface area contributed by atoms with Crippen LogP contribution in [0.1, 0.15) is 30.4 Å². The number of carboxylic acids is 1. The molecule has 1 aromatic heterocycles. The van der Waals surface area contributed by atoms with Crippen LogP contribution in [0.25, 0.3) is 10.9 Å². The Labute approximate surface area is 259 Å². The van der Waals surface area contributed by atoms with Crippen LogP contribution in [0.2, 0.25) is 0 Å². The molecule has 0 fully saturated rings. The van der Waals surface area contributed by atoms with E-state index in [4.69, 9.17) is 22.9 Å². The number of H-pyrrole nitrogens is 1. The molecule has 0 aliphatic carbocycles. The molecule has 3 rings (SSSR count). The molecule has 4 atom stereocenters. The van der Waals surface area contributed by atoms with E-state index >= 15 is 0 Å². The fourth-order valence-electron chi connectivity index (χ4n) is 4.68. The molecule has 4 unspecified atom stereocenters. The second-order valence-corrected chi connectivity index (χ2v) is 10.5. The molecule has 3 aromatic rings. The standard InChI is InChI=1S/C30H39N9O6/c31-20(15-25(32)40)26(41)38-23(14-18-16-36-21-10-5-4-9-19(18)21)28(43)37-22(11-6-12-35-30(33)34)27(42)39-24(29(44)45)13-17-7-2-1-3-8-17/h1-5,7-10,16,20,22-24,36H,6,11-15,31H2,(H2,32,40)(H,37,43)(H,38,41)(H,39,42)(H,44,45)(H4,33,34,35). The van der Waals surface area contributed by atoms with Gasteiger partial charge in [-0.3, -0.25) is 24.2 Å². The minimum absolute atomic E-state index is 0.00102. The Hall–Kier alpha value is -5.44. The zero-order valence-corrected chi connectivity index (χ0v) is 24.6. The van der Waals surface area contributed by atoms with E-state index in [2.05, 4.69) is 25.9 Å². The third-order valence-electron chi connectivity index (χ3n) is 6.97. The summed E-state index contributed by atoms with van der Waals surface area (Å²) in [6.07, 6.45) is 1.56. The minimum atomic E-state index is -1.31. The van der Waals surface area contributed by atoms with Gasteiger partial charge in [0.25, 0.3) is 0 Å². The van der Waals surface area contributed by atoms with E-state index in [1.807, 2.05) is 24.3 Å². The van der Waals surface area contributed by atoms with Gasteiger partial charge in [-0.15, -0.1) is 0 Å². The van der Waals surface area contributed by atoms with Crippen molar-refractivity contribution in [1.82, 2.24) is 20.9 Å². The van der Waals surface area contributed by atoms with Crippen LogP contribution < -0.4 is 38.9 Å². The van der Waals surface area contributed by atoms with Gasteiger partial charge in [0.05, 0.1) is 12.5 Å². The maximum absolute atomic E-state index is 13.7. The van der Waals surface area contributed by atoms with Gasteiger partial charge in [0, 0.05) is 36.5 Å². The maximum Gasteiger partial charge on any atom is 0.326 e. The maximum atomic E-state index is 13.7. The lowest BCUT2D eigenvalue weighted by Crippen LogP contribution is -2.58. The Morgan fingerprint density at radius 2 is 1.42 bits per heavy atom. The monoisotopic (exact) mass is 621 g/mol. The number of hydrogen-bond donors (Lipinski definition) is 9. The average molecular weight is 622 g/mol. The van der Waals surface area contributed by atoms with Gasteiger partial charge in [-0.2, -0.15) is 0 Å². The van der Waals surface area contributed by atoms with Crippen LogP contribution in [0.3, 0.4) is 0 Å². The molecule has 0 saturated heterocycles. The first-order chi connectivity index (χ1) is 21.4. The van der Waals surface area contributed by atoms with Crippen molar-refractivity contribution >= 4 is 46.5 Å². The Kier molecular flexibility index (Phi) is 12.4. The number of aromatic amines is 1. The number of benzene rings is 2. The van der Waals surface area contributed by atoms with Crippen molar-refractivity contribution in [1.29, 1.82) is 0 Å². The van der Waals surface area contributed by atoms with Gasteiger partial charge < -0.3 is 49.0 Å². The number of carbonyl (C=O) groups is 5. The summed E-state index contributed by atoms with van der Waals surface area (Å²) < 4.78 is 0. The molecular formula is C30H39N9O6. The van der Waals surface area contributed by atoms with Crippen molar-refractivity contribution in [3.8, 4) is 0 Å². The summed E-state index contributed by atoms with van der Waals surface area (Å²) in [6.45, 7) is 0.145. The first kappa shape index (κ1) is 34.1. The molecular weight excluding hydrogens is 582 g/mol. The number of aliphatic imine (C=N–C) groups is 1. The fraction of sp³-hybridized carbons (Fsp3) is 0.333. The molecule has 240 valence electrons. The first-order valence-electron chi connectivity index (χ1n) is 14.3. The summed E-state index contributed by atoms with van der Waals surface area (Å²) in [7, 11) is 0. The number of hydrogen-bond acceptors (Lipinski definition) is 7. The molecule has 15 heteroatoms. The fourth-order valence-corrected chi connectivity index (χ4v) is 4.68. The van der Waals surface area contributed by atoms with Crippen LogP contribution in [0.4, 0.5) is 0 Å².